The lowest BCUT2D eigenvalue weighted by Gasteiger charge is -2.33. The first-order chi connectivity index (χ1) is 12.6. The molecule has 2 aromatic rings. The molecule has 1 aliphatic rings. The summed E-state index contributed by atoms with van der Waals surface area (Å²) in [6, 6.07) is 7.49. The highest BCUT2D eigenvalue weighted by Gasteiger charge is 2.28. The van der Waals surface area contributed by atoms with Crippen LogP contribution in [0.2, 0.25) is 0 Å². The van der Waals surface area contributed by atoms with Crippen molar-refractivity contribution >= 4 is 27.8 Å². The highest BCUT2D eigenvalue weighted by Crippen LogP contribution is 2.26. The number of halogens is 1. The molecule has 0 saturated heterocycles. The summed E-state index contributed by atoms with van der Waals surface area (Å²) in [6.45, 7) is 0.229. The standard InChI is InChI=1S/C19H21BrN2O4/c1-25-19(24)16-12-26-17(21-16)11-22(15-8-3-2-4-9-15)18(23)13-6-5-7-14(20)10-13/h5-7,10,12,15H,2-4,8-9,11H2,1H3. The van der Waals surface area contributed by atoms with Crippen LogP contribution in [0.25, 0.3) is 0 Å². The lowest BCUT2D eigenvalue weighted by molar-refractivity contribution is 0.0590. The monoisotopic (exact) mass is 420 g/mol. The van der Waals surface area contributed by atoms with Gasteiger partial charge in [-0.1, -0.05) is 41.3 Å². The van der Waals surface area contributed by atoms with Crippen molar-refractivity contribution in [2.75, 3.05) is 7.11 Å². The van der Waals surface area contributed by atoms with Gasteiger partial charge >= 0.3 is 5.97 Å². The first-order valence-electron chi connectivity index (χ1n) is 8.67. The Morgan fingerprint density at radius 1 is 1.31 bits per heavy atom. The molecule has 7 heteroatoms. The molecule has 138 valence electrons. The first-order valence-corrected chi connectivity index (χ1v) is 9.47. The second-order valence-corrected chi connectivity index (χ2v) is 7.27. The molecule has 1 saturated carbocycles. The van der Waals surface area contributed by atoms with Gasteiger partial charge in [-0.2, -0.15) is 0 Å². The van der Waals surface area contributed by atoms with Gasteiger partial charge in [-0.3, -0.25) is 4.79 Å². The normalized spacial score (nSPS) is 14.8. The van der Waals surface area contributed by atoms with E-state index in [0.717, 1.165) is 30.2 Å². The molecule has 0 radical (unpaired) electrons. The third-order valence-electron chi connectivity index (χ3n) is 4.60. The molecule has 0 N–H and O–H groups in total. The van der Waals surface area contributed by atoms with Gasteiger partial charge in [0.25, 0.3) is 5.91 Å². The summed E-state index contributed by atoms with van der Waals surface area (Å²) in [5.74, 6) is -0.280. The minimum atomic E-state index is -0.553. The SMILES string of the molecule is COC(=O)c1coc(CN(C(=O)c2cccc(Br)c2)C2CCCCC2)n1. The van der Waals surface area contributed by atoms with Crippen molar-refractivity contribution in [2.45, 2.75) is 44.7 Å². The number of aromatic nitrogens is 1. The Labute approximate surface area is 160 Å². The molecule has 3 rings (SSSR count). The summed E-state index contributed by atoms with van der Waals surface area (Å²) in [4.78, 5) is 30.7. The second kappa shape index (κ2) is 8.49. The van der Waals surface area contributed by atoms with E-state index in [-0.39, 0.29) is 24.2 Å². The summed E-state index contributed by atoms with van der Waals surface area (Å²) in [5.41, 5.74) is 0.727. The van der Waals surface area contributed by atoms with E-state index in [1.54, 1.807) is 6.07 Å². The first kappa shape index (κ1) is 18.6. The van der Waals surface area contributed by atoms with Crippen LogP contribution in [-0.2, 0) is 11.3 Å². The lowest BCUT2D eigenvalue weighted by Crippen LogP contribution is -2.41. The Morgan fingerprint density at radius 2 is 2.08 bits per heavy atom. The molecule has 1 heterocycles. The largest absolute Gasteiger partial charge is 0.464 e. The van der Waals surface area contributed by atoms with Crippen molar-refractivity contribution in [3.05, 3.63) is 52.1 Å². The molecule has 0 spiro atoms. The van der Waals surface area contributed by atoms with Crippen LogP contribution >= 0.6 is 15.9 Å². The molecule has 6 nitrogen and oxygen atoms in total. The van der Waals surface area contributed by atoms with Crippen LogP contribution in [0.5, 0.6) is 0 Å². The van der Waals surface area contributed by atoms with E-state index in [0.29, 0.717) is 11.5 Å². The number of carbonyl (C=O) groups is 2. The highest BCUT2D eigenvalue weighted by atomic mass is 79.9. The average molecular weight is 421 g/mol. The number of benzene rings is 1. The number of ether oxygens (including phenoxy) is 1. The Kier molecular flexibility index (Phi) is 6.08. The number of oxazole rings is 1. The zero-order chi connectivity index (χ0) is 18.5. The number of nitrogens with zero attached hydrogens (tertiary/aromatic N) is 2. The van der Waals surface area contributed by atoms with E-state index < -0.39 is 5.97 Å². The van der Waals surface area contributed by atoms with E-state index in [1.807, 2.05) is 23.1 Å². The molecular formula is C19H21BrN2O4. The molecule has 1 fully saturated rings. The maximum atomic E-state index is 13.1. The van der Waals surface area contributed by atoms with Crippen molar-refractivity contribution in [3.63, 3.8) is 0 Å². The van der Waals surface area contributed by atoms with Crippen LogP contribution in [0, 0.1) is 0 Å². The lowest BCUT2D eigenvalue weighted by atomic mass is 9.93. The Bertz CT molecular complexity index is 783. The number of carbonyl (C=O) groups excluding carboxylic acids is 2. The number of hydrogen-bond acceptors (Lipinski definition) is 5. The van der Waals surface area contributed by atoms with Gasteiger partial charge in [0.2, 0.25) is 5.89 Å². The zero-order valence-electron chi connectivity index (χ0n) is 14.6. The fraction of sp³-hybridized carbons (Fsp3) is 0.421. The fourth-order valence-corrected chi connectivity index (χ4v) is 3.67. The Balaban J connectivity index is 1.84. The summed E-state index contributed by atoms with van der Waals surface area (Å²) < 4.78 is 10.9. The maximum Gasteiger partial charge on any atom is 0.360 e. The molecule has 1 aliphatic carbocycles. The maximum absolute atomic E-state index is 13.1. The van der Waals surface area contributed by atoms with E-state index in [9.17, 15) is 9.59 Å². The van der Waals surface area contributed by atoms with Crippen molar-refractivity contribution in [2.24, 2.45) is 0 Å². The molecule has 26 heavy (non-hydrogen) atoms. The van der Waals surface area contributed by atoms with Crippen LogP contribution < -0.4 is 0 Å². The number of hydrogen-bond donors (Lipinski definition) is 0. The van der Waals surface area contributed by atoms with Gasteiger partial charge in [-0.05, 0) is 31.0 Å². The van der Waals surface area contributed by atoms with Crippen LogP contribution in [0.4, 0.5) is 0 Å². The third-order valence-corrected chi connectivity index (χ3v) is 5.09. The number of esters is 1. The van der Waals surface area contributed by atoms with Crippen LogP contribution in [0.3, 0.4) is 0 Å². The van der Waals surface area contributed by atoms with E-state index in [4.69, 9.17) is 4.42 Å². The molecule has 0 atom stereocenters. The fourth-order valence-electron chi connectivity index (χ4n) is 3.27. The number of methoxy groups -OCH3 is 1. The molecule has 1 aromatic heterocycles. The van der Waals surface area contributed by atoms with Gasteiger partial charge in [0.1, 0.15) is 6.26 Å². The number of rotatable bonds is 5. The second-order valence-electron chi connectivity index (χ2n) is 6.35. The predicted octanol–water partition coefficient (Wildman–Crippen LogP) is 4.20. The molecule has 0 unspecified atom stereocenters. The quantitative estimate of drug-likeness (QED) is 0.677. The van der Waals surface area contributed by atoms with Gasteiger partial charge in [0, 0.05) is 16.1 Å². The van der Waals surface area contributed by atoms with E-state index >= 15 is 0 Å². The van der Waals surface area contributed by atoms with Gasteiger partial charge < -0.3 is 14.1 Å². The summed E-state index contributed by atoms with van der Waals surface area (Å²) in [7, 11) is 1.29. The van der Waals surface area contributed by atoms with Crippen molar-refractivity contribution < 1.29 is 18.7 Å². The Hall–Kier alpha value is -2.15. The van der Waals surface area contributed by atoms with Crippen molar-refractivity contribution in [1.29, 1.82) is 0 Å². The molecule has 1 aromatic carbocycles. The minimum absolute atomic E-state index is 0.0592. The molecule has 1 amide bonds. The van der Waals surface area contributed by atoms with Crippen molar-refractivity contribution in [1.82, 2.24) is 9.88 Å². The van der Waals surface area contributed by atoms with Crippen molar-refractivity contribution in [3.8, 4) is 0 Å². The van der Waals surface area contributed by atoms with Crippen LogP contribution in [-0.4, -0.2) is 34.9 Å². The molecular weight excluding hydrogens is 400 g/mol. The van der Waals surface area contributed by atoms with Gasteiger partial charge in [-0.15, -0.1) is 0 Å². The number of amides is 1. The van der Waals surface area contributed by atoms with Crippen LogP contribution in [0.1, 0.15) is 58.8 Å². The van der Waals surface area contributed by atoms with Gasteiger partial charge in [0.15, 0.2) is 5.69 Å². The topological polar surface area (TPSA) is 72.6 Å². The van der Waals surface area contributed by atoms with Gasteiger partial charge in [0.05, 0.1) is 13.7 Å². The summed E-state index contributed by atoms with van der Waals surface area (Å²) in [6.07, 6.45) is 6.59. The average Bonchev–Trinajstić information content (AvgIpc) is 3.14. The zero-order valence-corrected chi connectivity index (χ0v) is 16.2. The molecule has 0 aliphatic heterocycles. The van der Waals surface area contributed by atoms with Crippen LogP contribution in [0.15, 0.2) is 39.4 Å². The summed E-state index contributed by atoms with van der Waals surface area (Å²) >= 11 is 3.42. The third kappa shape index (κ3) is 4.33. The minimum Gasteiger partial charge on any atom is -0.464 e. The molecule has 0 bridgehead atoms. The van der Waals surface area contributed by atoms with Gasteiger partial charge in [-0.25, -0.2) is 9.78 Å². The Morgan fingerprint density at radius 3 is 2.77 bits per heavy atom. The van der Waals surface area contributed by atoms with E-state index in [1.165, 1.54) is 19.8 Å². The predicted molar refractivity (Wildman–Crippen MR) is 98.7 cm³/mol. The smallest absolute Gasteiger partial charge is 0.360 e. The summed E-state index contributed by atoms with van der Waals surface area (Å²) in [5, 5.41) is 0. The van der Waals surface area contributed by atoms with E-state index in [2.05, 4.69) is 25.7 Å². The highest BCUT2D eigenvalue weighted by molar-refractivity contribution is 9.10.